The van der Waals surface area contributed by atoms with E-state index in [0.717, 1.165) is 6.42 Å². The molecule has 0 aromatic heterocycles. The normalized spacial score (nSPS) is 29.6. The number of hydrogen-bond donors (Lipinski definition) is 0. The fraction of sp³-hybridized carbons (Fsp3) is 0.500. The maximum atomic E-state index is 12.4. The second kappa shape index (κ2) is 4.63. The molecule has 5 heteroatoms. The van der Waals surface area contributed by atoms with Crippen molar-refractivity contribution < 1.29 is 18.5 Å². The van der Waals surface area contributed by atoms with Crippen molar-refractivity contribution in [1.82, 2.24) is 0 Å². The van der Waals surface area contributed by atoms with Crippen LogP contribution in [-0.2, 0) is 10.8 Å². The van der Waals surface area contributed by atoms with Crippen LogP contribution in [0.4, 0.5) is 0 Å². The van der Waals surface area contributed by atoms with Gasteiger partial charge in [-0.3, -0.25) is 9.00 Å². The molecular weight excluding hydrogens is 264 g/mol. The van der Waals surface area contributed by atoms with Crippen LogP contribution in [0, 0.1) is 5.92 Å². The van der Waals surface area contributed by atoms with E-state index in [9.17, 15) is 9.00 Å². The van der Waals surface area contributed by atoms with Crippen LogP contribution >= 0.6 is 0 Å². The highest BCUT2D eigenvalue weighted by atomic mass is 32.2. The molecule has 0 spiro atoms. The van der Waals surface area contributed by atoms with E-state index in [1.807, 2.05) is 13.8 Å². The lowest BCUT2D eigenvalue weighted by Gasteiger charge is -2.26. The number of rotatable bonds is 0. The number of ether oxygens (including phenoxy) is 2. The van der Waals surface area contributed by atoms with Gasteiger partial charge in [0.15, 0.2) is 17.3 Å². The van der Waals surface area contributed by atoms with Gasteiger partial charge in [-0.05, 0) is 13.0 Å². The van der Waals surface area contributed by atoms with Gasteiger partial charge in [0, 0.05) is 29.2 Å². The number of fused-ring (bicyclic) bond motifs is 2. The highest BCUT2D eigenvalue weighted by molar-refractivity contribution is 7.86. The highest BCUT2D eigenvalue weighted by Crippen LogP contribution is 2.39. The van der Waals surface area contributed by atoms with Crippen molar-refractivity contribution >= 4 is 16.6 Å². The van der Waals surface area contributed by atoms with Gasteiger partial charge in [0.2, 0.25) is 0 Å². The molecule has 0 bridgehead atoms. The first-order chi connectivity index (χ1) is 9.09. The molecule has 19 heavy (non-hydrogen) atoms. The van der Waals surface area contributed by atoms with Crippen molar-refractivity contribution in [2.75, 3.05) is 13.2 Å². The van der Waals surface area contributed by atoms with Crippen molar-refractivity contribution in [3.63, 3.8) is 0 Å². The lowest BCUT2D eigenvalue weighted by atomic mass is 9.95. The fourth-order valence-electron chi connectivity index (χ4n) is 2.39. The van der Waals surface area contributed by atoms with E-state index in [0.29, 0.717) is 35.2 Å². The Bertz CT molecular complexity index is 518. The Morgan fingerprint density at radius 3 is 2.47 bits per heavy atom. The van der Waals surface area contributed by atoms with Gasteiger partial charge < -0.3 is 9.47 Å². The first kappa shape index (κ1) is 12.7. The summed E-state index contributed by atoms with van der Waals surface area (Å²) in [5.41, 5.74) is 0.521. The first-order valence-corrected chi connectivity index (χ1v) is 7.69. The summed E-state index contributed by atoms with van der Waals surface area (Å²) in [7, 11) is -1.17. The quantitative estimate of drug-likeness (QED) is 0.731. The van der Waals surface area contributed by atoms with Crippen LogP contribution in [0.15, 0.2) is 17.0 Å². The minimum atomic E-state index is -1.17. The van der Waals surface area contributed by atoms with Crippen molar-refractivity contribution in [2.45, 2.75) is 30.4 Å². The first-order valence-electron chi connectivity index (χ1n) is 6.48. The third kappa shape index (κ3) is 1.96. The van der Waals surface area contributed by atoms with Gasteiger partial charge >= 0.3 is 0 Å². The average Bonchev–Trinajstić information content (AvgIpc) is 2.65. The lowest BCUT2D eigenvalue weighted by Crippen LogP contribution is -2.33. The number of carbonyl (C=O) groups is 1. The molecule has 102 valence electrons. The van der Waals surface area contributed by atoms with E-state index in [1.54, 1.807) is 12.1 Å². The van der Waals surface area contributed by atoms with Crippen molar-refractivity contribution in [2.24, 2.45) is 5.92 Å². The van der Waals surface area contributed by atoms with Gasteiger partial charge in [0.25, 0.3) is 0 Å². The van der Waals surface area contributed by atoms with E-state index in [4.69, 9.17) is 9.47 Å². The number of carbonyl (C=O) groups excluding carboxylic acids is 1. The largest absolute Gasteiger partial charge is 0.490 e. The van der Waals surface area contributed by atoms with E-state index >= 15 is 0 Å². The van der Waals surface area contributed by atoms with Gasteiger partial charge in [0.05, 0.1) is 28.9 Å². The summed E-state index contributed by atoms with van der Waals surface area (Å²) in [5.74, 6) is 0.998. The summed E-state index contributed by atoms with van der Waals surface area (Å²) in [4.78, 5) is 12.9. The Hall–Kier alpha value is -1.36. The monoisotopic (exact) mass is 280 g/mol. The minimum absolute atomic E-state index is 0.0396. The Balaban J connectivity index is 2.15. The van der Waals surface area contributed by atoms with E-state index in [2.05, 4.69) is 0 Å². The molecule has 0 aliphatic carbocycles. The average molecular weight is 280 g/mol. The third-order valence-electron chi connectivity index (χ3n) is 3.79. The zero-order valence-electron chi connectivity index (χ0n) is 11.0. The van der Waals surface area contributed by atoms with E-state index in [-0.39, 0.29) is 17.0 Å². The summed E-state index contributed by atoms with van der Waals surface area (Å²) in [6, 6.07) is 3.41. The number of benzene rings is 1. The molecule has 0 N–H and O–H groups in total. The molecule has 0 saturated carbocycles. The van der Waals surface area contributed by atoms with E-state index in [1.165, 1.54) is 0 Å². The minimum Gasteiger partial charge on any atom is -0.490 e. The summed E-state index contributed by atoms with van der Waals surface area (Å²) < 4.78 is 23.6. The molecule has 4 nitrogen and oxygen atoms in total. The van der Waals surface area contributed by atoms with Crippen LogP contribution in [-0.4, -0.2) is 28.5 Å². The van der Waals surface area contributed by atoms with Crippen LogP contribution < -0.4 is 9.47 Å². The van der Waals surface area contributed by atoms with Crippen LogP contribution in [0.25, 0.3) is 0 Å². The molecule has 0 radical (unpaired) electrons. The van der Waals surface area contributed by atoms with Crippen molar-refractivity contribution in [1.29, 1.82) is 0 Å². The van der Waals surface area contributed by atoms with Gasteiger partial charge in [-0.1, -0.05) is 6.92 Å². The zero-order chi connectivity index (χ0) is 13.6. The molecule has 2 aliphatic rings. The topological polar surface area (TPSA) is 52.6 Å². The van der Waals surface area contributed by atoms with Gasteiger partial charge in [-0.2, -0.15) is 0 Å². The number of ketones is 1. The summed E-state index contributed by atoms with van der Waals surface area (Å²) in [6.45, 7) is 4.84. The maximum Gasteiger partial charge on any atom is 0.168 e. The SMILES string of the molecule is CC1C(=O)c2cc3c(cc2S(=O)C1C)OCCCO3. The molecule has 2 aliphatic heterocycles. The second-order valence-electron chi connectivity index (χ2n) is 5.00. The Kier molecular flexibility index (Phi) is 3.09. The van der Waals surface area contributed by atoms with Crippen LogP contribution in [0.5, 0.6) is 11.5 Å². The second-order valence-corrected chi connectivity index (χ2v) is 6.78. The Morgan fingerprint density at radius 1 is 1.16 bits per heavy atom. The maximum absolute atomic E-state index is 12.4. The van der Waals surface area contributed by atoms with Gasteiger partial charge in [-0.25, -0.2) is 0 Å². The summed E-state index contributed by atoms with van der Waals surface area (Å²) in [5, 5.41) is -0.162. The molecular formula is C14H16O4S. The number of Topliss-reactive ketones (excluding diaryl/α,β-unsaturated/α-hetero) is 1. The Morgan fingerprint density at radius 2 is 1.79 bits per heavy atom. The zero-order valence-corrected chi connectivity index (χ0v) is 11.8. The molecule has 3 rings (SSSR count). The highest BCUT2D eigenvalue weighted by Gasteiger charge is 2.36. The Labute approximate surface area is 114 Å². The summed E-state index contributed by atoms with van der Waals surface area (Å²) >= 11 is 0. The summed E-state index contributed by atoms with van der Waals surface area (Å²) in [6.07, 6.45) is 0.809. The fourth-order valence-corrected chi connectivity index (χ4v) is 3.89. The molecule has 1 aromatic rings. The predicted molar refractivity (Wildman–Crippen MR) is 71.4 cm³/mol. The smallest absolute Gasteiger partial charge is 0.168 e. The van der Waals surface area contributed by atoms with Crippen molar-refractivity contribution in [3.8, 4) is 11.5 Å². The molecule has 3 unspecified atom stereocenters. The molecule has 0 saturated heterocycles. The molecule has 0 fully saturated rings. The predicted octanol–water partition coefficient (Wildman–Crippen LogP) is 2.18. The molecule has 1 aromatic carbocycles. The molecule has 2 heterocycles. The number of hydrogen-bond acceptors (Lipinski definition) is 4. The molecule has 3 atom stereocenters. The van der Waals surface area contributed by atoms with Crippen LogP contribution in [0.3, 0.4) is 0 Å². The van der Waals surface area contributed by atoms with Crippen LogP contribution in [0.1, 0.15) is 30.6 Å². The lowest BCUT2D eigenvalue weighted by molar-refractivity contribution is 0.0921. The van der Waals surface area contributed by atoms with Crippen LogP contribution in [0.2, 0.25) is 0 Å². The van der Waals surface area contributed by atoms with Gasteiger partial charge in [-0.15, -0.1) is 0 Å². The third-order valence-corrected chi connectivity index (χ3v) is 5.64. The van der Waals surface area contributed by atoms with Gasteiger partial charge in [0.1, 0.15) is 0 Å². The van der Waals surface area contributed by atoms with E-state index < -0.39 is 10.8 Å². The standard InChI is InChI=1S/C14H16O4S/c1-8-9(2)19(16)13-7-12-11(6-10(13)14(8)15)17-4-3-5-18-12/h6-9H,3-5H2,1-2H3. The van der Waals surface area contributed by atoms with Crippen molar-refractivity contribution in [3.05, 3.63) is 17.7 Å². The molecule has 0 amide bonds.